The van der Waals surface area contributed by atoms with Crippen molar-refractivity contribution in [2.45, 2.75) is 25.3 Å². The van der Waals surface area contributed by atoms with Crippen molar-refractivity contribution in [3.63, 3.8) is 0 Å². The number of benzene rings is 1. The molecule has 1 saturated heterocycles. The summed E-state index contributed by atoms with van der Waals surface area (Å²) in [4.78, 5) is 27.8. The lowest BCUT2D eigenvalue weighted by Crippen LogP contribution is -2.21. The van der Waals surface area contributed by atoms with E-state index in [2.05, 4.69) is 39.1 Å². The number of hydrogen-bond donors (Lipinski definition) is 3. The Balaban J connectivity index is 0.000000343. The number of aromatic amines is 1. The van der Waals surface area contributed by atoms with Crippen LogP contribution >= 0.6 is 0 Å². The van der Waals surface area contributed by atoms with E-state index in [-0.39, 0.29) is 0 Å². The summed E-state index contributed by atoms with van der Waals surface area (Å²) in [5, 5.41) is 14.2. The second-order valence-corrected chi connectivity index (χ2v) is 7.09. The molecule has 0 radical (unpaired) electrons. The van der Waals surface area contributed by atoms with E-state index in [1.807, 2.05) is 6.20 Å². The summed E-state index contributed by atoms with van der Waals surface area (Å²) in [7, 11) is 1.79. The third-order valence-corrected chi connectivity index (χ3v) is 4.36. The van der Waals surface area contributed by atoms with Gasteiger partial charge in [0.25, 0.3) is 0 Å². The smallest absolute Gasteiger partial charge is 0.475 e. The third kappa shape index (κ3) is 10.7. The molecule has 1 aliphatic heterocycles. The summed E-state index contributed by atoms with van der Waals surface area (Å²) in [6.45, 7) is 4.19. The number of carboxylic acids is 2. The zero-order chi connectivity index (χ0) is 25.9. The van der Waals surface area contributed by atoms with Crippen LogP contribution < -0.4 is 0 Å². The van der Waals surface area contributed by atoms with Crippen LogP contribution in [0.25, 0.3) is 11.4 Å². The van der Waals surface area contributed by atoms with Crippen molar-refractivity contribution in [3.05, 3.63) is 42.2 Å². The van der Waals surface area contributed by atoms with E-state index in [0.717, 1.165) is 31.1 Å². The van der Waals surface area contributed by atoms with Crippen LogP contribution in [-0.4, -0.2) is 76.2 Å². The number of methoxy groups -OCH3 is 1. The van der Waals surface area contributed by atoms with Crippen LogP contribution in [0.5, 0.6) is 0 Å². The Labute approximate surface area is 190 Å². The molecule has 0 bridgehead atoms. The standard InChI is InChI=1S/C16H21N3O.2C2HF3O2/c1-20-12-14-5-8-19(11-14)10-13-3-2-4-15(9-13)16-17-6-7-18-16;2*3-2(4,5)1(6)7/h2-4,6-7,9,14H,5,8,10-12H2,1H3,(H,17,18);2*(H,6,7). The molecule has 3 rings (SSSR count). The molecule has 1 aromatic heterocycles. The Hall–Kier alpha value is -3.13. The van der Waals surface area contributed by atoms with Gasteiger partial charge in [0.15, 0.2) is 0 Å². The minimum atomic E-state index is -5.08. The largest absolute Gasteiger partial charge is 0.490 e. The number of carboxylic acid groups (broad SMARTS) is 2. The van der Waals surface area contributed by atoms with Gasteiger partial charge in [0.2, 0.25) is 0 Å². The van der Waals surface area contributed by atoms with Crippen LogP contribution in [0.3, 0.4) is 0 Å². The average molecular weight is 499 g/mol. The highest BCUT2D eigenvalue weighted by Crippen LogP contribution is 2.21. The molecule has 0 saturated carbocycles. The first-order valence-electron chi connectivity index (χ1n) is 9.64. The van der Waals surface area contributed by atoms with E-state index >= 15 is 0 Å². The Morgan fingerprint density at radius 2 is 1.74 bits per heavy atom. The van der Waals surface area contributed by atoms with Crippen LogP contribution in [0.4, 0.5) is 26.3 Å². The van der Waals surface area contributed by atoms with Crippen molar-refractivity contribution >= 4 is 11.9 Å². The van der Waals surface area contributed by atoms with E-state index in [1.165, 1.54) is 18.5 Å². The fraction of sp³-hybridized carbons (Fsp3) is 0.450. The van der Waals surface area contributed by atoms with Gasteiger partial charge in [-0.05, 0) is 30.5 Å². The van der Waals surface area contributed by atoms with E-state index in [0.29, 0.717) is 5.92 Å². The predicted octanol–water partition coefficient (Wildman–Crippen LogP) is 3.81. The molecular weight excluding hydrogens is 476 g/mol. The molecule has 0 aliphatic carbocycles. The molecule has 190 valence electrons. The summed E-state index contributed by atoms with van der Waals surface area (Å²) >= 11 is 0. The maximum atomic E-state index is 10.6. The van der Waals surface area contributed by atoms with E-state index in [1.54, 1.807) is 13.3 Å². The van der Waals surface area contributed by atoms with E-state index in [4.69, 9.17) is 24.5 Å². The molecule has 8 nitrogen and oxygen atoms in total. The molecule has 0 amide bonds. The number of H-pyrrole nitrogens is 1. The minimum absolute atomic E-state index is 0.688. The average Bonchev–Trinajstić information content (AvgIpc) is 3.40. The number of ether oxygens (including phenoxy) is 1. The van der Waals surface area contributed by atoms with E-state index < -0.39 is 24.3 Å². The molecule has 1 aliphatic rings. The number of aliphatic carboxylic acids is 2. The van der Waals surface area contributed by atoms with Crippen LogP contribution in [0.2, 0.25) is 0 Å². The normalized spacial score (nSPS) is 16.1. The van der Waals surface area contributed by atoms with Crippen molar-refractivity contribution in [2.75, 3.05) is 26.8 Å². The molecule has 1 unspecified atom stereocenters. The quantitative estimate of drug-likeness (QED) is 0.536. The highest BCUT2D eigenvalue weighted by Gasteiger charge is 2.38. The number of carbonyl (C=O) groups is 2. The van der Waals surface area contributed by atoms with Crippen molar-refractivity contribution in [1.29, 1.82) is 0 Å². The van der Waals surface area contributed by atoms with Crippen LogP contribution in [0.1, 0.15) is 12.0 Å². The molecule has 2 heterocycles. The summed E-state index contributed by atoms with van der Waals surface area (Å²) < 4.78 is 68.7. The number of hydrogen-bond acceptors (Lipinski definition) is 5. The Kier molecular flexibility index (Phi) is 11.0. The molecule has 14 heteroatoms. The van der Waals surface area contributed by atoms with Crippen molar-refractivity contribution in [3.8, 4) is 11.4 Å². The number of imidazole rings is 1. The number of nitrogens with zero attached hydrogens (tertiary/aromatic N) is 2. The Morgan fingerprint density at radius 1 is 1.15 bits per heavy atom. The fourth-order valence-corrected chi connectivity index (χ4v) is 2.93. The van der Waals surface area contributed by atoms with E-state index in [9.17, 15) is 26.3 Å². The zero-order valence-electron chi connectivity index (χ0n) is 17.9. The first-order valence-corrected chi connectivity index (χ1v) is 9.64. The summed E-state index contributed by atoms with van der Waals surface area (Å²) in [5.74, 6) is -3.89. The monoisotopic (exact) mass is 499 g/mol. The van der Waals surface area contributed by atoms with Gasteiger partial charge in [-0.15, -0.1) is 0 Å². The maximum Gasteiger partial charge on any atom is 0.490 e. The third-order valence-electron chi connectivity index (χ3n) is 4.36. The number of likely N-dealkylation sites (tertiary alicyclic amines) is 1. The summed E-state index contributed by atoms with van der Waals surface area (Å²) in [6, 6.07) is 8.62. The van der Waals surface area contributed by atoms with Gasteiger partial charge in [0.05, 0.1) is 6.61 Å². The highest BCUT2D eigenvalue weighted by molar-refractivity contribution is 5.73. The van der Waals surface area contributed by atoms with Gasteiger partial charge >= 0.3 is 24.3 Å². The first kappa shape index (κ1) is 28.9. The number of alkyl halides is 6. The molecule has 0 spiro atoms. The lowest BCUT2D eigenvalue weighted by molar-refractivity contribution is -0.193. The lowest BCUT2D eigenvalue weighted by atomic mass is 10.1. The van der Waals surface area contributed by atoms with Crippen molar-refractivity contribution in [2.24, 2.45) is 5.92 Å². The Morgan fingerprint density at radius 3 is 2.21 bits per heavy atom. The second-order valence-electron chi connectivity index (χ2n) is 7.09. The van der Waals surface area contributed by atoms with Crippen molar-refractivity contribution < 1.29 is 50.9 Å². The van der Waals surface area contributed by atoms with Crippen LogP contribution in [0.15, 0.2) is 36.7 Å². The molecule has 2 aromatic rings. The molecule has 34 heavy (non-hydrogen) atoms. The molecule has 1 fully saturated rings. The SMILES string of the molecule is COCC1CCN(Cc2cccc(-c3ncc[nH]3)c2)C1.O=C(O)C(F)(F)F.O=C(O)C(F)(F)F. The van der Waals surface area contributed by atoms with Gasteiger partial charge in [-0.1, -0.05) is 18.2 Å². The predicted molar refractivity (Wildman–Crippen MR) is 107 cm³/mol. The topological polar surface area (TPSA) is 116 Å². The summed E-state index contributed by atoms with van der Waals surface area (Å²) in [5.41, 5.74) is 2.50. The maximum absolute atomic E-state index is 10.6. The van der Waals surface area contributed by atoms with Crippen molar-refractivity contribution in [1.82, 2.24) is 14.9 Å². The van der Waals surface area contributed by atoms with Gasteiger partial charge in [-0.25, -0.2) is 14.6 Å². The van der Waals surface area contributed by atoms with Gasteiger partial charge in [0, 0.05) is 38.2 Å². The molecule has 1 atom stereocenters. The minimum Gasteiger partial charge on any atom is -0.475 e. The highest BCUT2D eigenvalue weighted by atomic mass is 19.4. The van der Waals surface area contributed by atoms with Gasteiger partial charge in [-0.3, -0.25) is 4.90 Å². The molecule has 1 aromatic carbocycles. The molecule has 3 N–H and O–H groups in total. The zero-order valence-corrected chi connectivity index (χ0v) is 17.9. The Bertz CT molecular complexity index is 879. The van der Waals surface area contributed by atoms with Gasteiger partial charge in [0.1, 0.15) is 5.82 Å². The lowest BCUT2D eigenvalue weighted by Gasteiger charge is -2.16. The van der Waals surface area contributed by atoms with Crippen LogP contribution in [-0.2, 0) is 20.9 Å². The fourth-order valence-electron chi connectivity index (χ4n) is 2.93. The van der Waals surface area contributed by atoms with Gasteiger partial charge in [-0.2, -0.15) is 26.3 Å². The molecular formula is C20H23F6N3O5. The number of aromatic nitrogens is 2. The number of halogens is 6. The first-order chi connectivity index (χ1) is 15.7. The number of nitrogens with one attached hydrogen (secondary N) is 1. The number of rotatable bonds is 5. The summed E-state index contributed by atoms with van der Waals surface area (Å²) in [6.07, 6.45) is -5.28. The van der Waals surface area contributed by atoms with Crippen LogP contribution in [0, 0.1) is 5.92 Å². The van der Waals surface area contributed by atoms with Gasteiger partial charge < -0.3 is 19.9 Å². The second kappa shape index (κ2) is 12.9.